The molecule has 200 valence electrons. The molecule has 1 saturated carbocycles. The summed E-state index contributed by atoms with van der Waals surface area (Å²) in [6.07, 6.45) is 11.4. The van der Waals surface area contributed by atoms with Crippen molar-refractivity contribution in [1.29, 1.82) is 0 Å². The molecule has 2 amide bonds. The summed E-state index contributed by atoms with van der Waals surface area (Å²) in [5.74, 6) is 0.873. The van der Waals surface area contributed by atoms with Crippen LogP contribution in [-0.4, -0.2) is 44.8 Å². The van der Waals surface area contributed by atoms with E-state index in [1.807, 2.05) is 68.9 Å². The minimum absolute atomic E-state index is 0.198. The number of carbonyl (C=O) groups is 2. The van der Waals surface area contributed by atoms with Crippen LogP contribution in [-0.2, 0) is 6.54 Å². The van der Waals surface area contributed by atoms with Crippen LogP contribution in [0.2, 0.25) is 5.02 Å². The second kappa shape index (κ2) is 11.8. The molecular formula is C29H34ClN5O3. The summed E-state index contributed by atoms with van der Waals surface area (Å²) in [7, 11) is 0. The van der Waals surface area contributed by atoms with E-state index in [-0.39, 0.29) is 23.6 Å². The standard InChI is InChI=1S/C29H34ClN5O3/c1-19(33-27(36)22-11-12-31-26(13-22)28(37)34-29(2,3)4)5-6-21-15-32-35(16-21)17-23-9-10-24(14-25(23)30)38-18-20-7-8-20/h5-6,9-16,19-20H,7-8,17-18H2,1-4H3,(H,33,36)(H,34,37)/b6-5+/t19-/m0/s1. The molecule has 1 atom stereocenters. The van der Waals surface area contributed by atoms with Crippen LogP contribution in [0.3, 0.4) is 0 Å². The summed E-state index contributed by atoms with van der Waals surface area (Å²) in [6.45, 7) is 8.82. The zero-order chi connectivity index (χ0) is 27.3. The van der Waals surface area contributed by atoms with Gasteiger partial charge in [0.2, 0.25) is 0 Å². The first-order valence-corrected chi connectivity index (χ1v) is 13.1. The van der Waals surface area contributed by atoms with Crippen LogP contribution in [0, 0.1) is 5.92 Å². The van der Waals surface area contributed by atoms with Gasteiger partial charge in [0.05, 0.1) is 19.3 Å². The Morgan fingerprint density at radius 1 is 1.21 bits per heavy atom. The van der Waals surface area contributed by atoms with Gasteiger partial charge in [-0.05, 0) is 76.3 Å². The number of benzene rings is 1. The van der Waals surface area contributed by atoms with Crippen molar-refractivity contribution in [3.05, 3.63) is 82.4 Å². The van der Waals surface area contributed by atoms with E-state index < -0.39 is 5.54 Å². The number of amides is 2. The molecule has 0 saturated heterocycles. The molecule has 0 aliphatic heterocycles. The SMILES string of the molecule is C[C@@H](/C=C/c1cnn(Cc2ccc(OCC3CC3)cc2Cl)c1)NC(=O)c1ccnc(C(=O)NC(C)(C)C)c1. The summed E-state index contributed by atoms with van der Waals surface area (Å²) in [6, 6.07) is 8.60. The molecular weight excluding hydrogens is 502 g/mol. The predicted octanol–water partition coefficient (Wildman–Crippen LogP) is 5.13. The lowest BCUT2D eigenvalue weighted by atomic mass is 10.1. The minimum Gasteiger partial charge on any atom is -0.493 e. The maximum absolute atomic E-state index is 12.7. The second-order valence-corrected chi connectivity index (χ2v) is 11.1. The molecule has 1 aliphatic rings. The molecule has 1 aliphatic carbocycles. The summed E-state index contributed by atoms with van der Waals surface area (Å²) < 4.78 is 7.61. The third kappa shape index (κ3) is 8.18. The van der Waals surface area contributed by atoms with E-state index in [1.54, 1.807) is 12.3 Å². The number of hydrogen-bond donors (Lipinski definition) is 2. The summed E-state index contributed by atoms with van der Waals surface area (Å²) in [4.78, 5) is 29.2. The van der Waals surface area contributed by atoms with Crippen molar-refractivity contribution in [2.75, 3.05) is 6.61 Å². The largest absolute Gasteiger partial charge is 0.493 e. The van der Waals surface area contributed by atoms with Crippen LogP contribution < -0.4 is 15.4 Å². The molecule has 38 heavy (non-hydrogen) atoms. The van der Waals surface area contributed by atoms with E-state index in [1.165, 1.54) is 25.1 Å². The third-order valence-electron chi connectivity index (χ3n) is 5.87. The van der Waals surface area contributed by atoms with Crippen LogP contribution in [0.25, 0.3) is 6.08 Å². The Morgan fingerprint density at radius 3 is 2.71 bits per heavy atom. The summed E-state index contributed by atoms with van der Waals surface area (Å²) in [5, 5.41) is 10.8. The van der Waals surface area contributed by atoms with Crippen molar-refractivity contribution < 1.29 is 14.3 Å². The summed E-state index contributed by atoms with van der Waals surface area (Å²) >= 11 is 6.47. The highest BCUT2D eigenvalue weighted by molar-refractivity contribution is 6.31. The molecule has 2 heterocycles. The predicted molar refractivity (Wildman–Crippen MR) is 148 cm³/mol. The number of rotatable bonds is 10. The van der Waals surface area contributed by atoms with Gasteiger partial charge < -0.3 is 15.4 Å². The van der Waals surface area contributed by atoms with E-state index >= 15 is 0 Å². The van der Waals surface area contributed by atoms with Gasteiger partial charge in [-0.1, -0.05) is 29.8 Å². The molecule has 0 bridgehead atoms. The number of hydrogen-bond acceptors (Lipinski definition) is 5. The van der Waals surface area contributed by atoms with Crippen LogP contribution in [0.1, 0.15) is 72.5 Å². The summed E-state index contributed by atoms with van der Waals surface area (Å²) in [5.41, 5.74) is 2.02. The molecule has 0 spiro atoms. The van der Waals surface area contributed by atoms with Crippen molar-refractivity contribution in [2.24, 2.45) is 5.92 Å². The number of halogens is 1. The molecule has 2 N–H and O–H groups in total. The third-order valence-corrected chi connectivity index (χ3v) is 6.22. The van der Waals surface area contributed by atoms with E-state index in [2.05, 4.69) is 20.7 Å². The highest BCUT2D eigenvalue weighted by Gasteiger charge is 2.22. The van der Waals surface area contributed by atoms with Gasteiger partial charge in [-0.3, -0.25) is 19.3 Å². The number of carbonyl (C=O) groups excluding carboxylic acids is 2. The number of pyridine rings is 1. The van der Waals surface area contributed by atoms with Gasteiger partial charge >= 0.3 is 0 Å². The number of aromatic nitrogens is 3. The Kier molecular flexibility index (Phi) is 8.52. The Balaban J connectivity index is 1.30. The van der Waals surface area contributed by atoms with Crippen LogP contribution in [0.4, 0.5) is 0 Å². The van der Waals surface area contributed by atoms with Gasteiger partial charge in [0.1, 0.15) is 11.4 Å². The Bertz CT molecular complexity index is 1320. The Labute approximate surface area is 228 Å². The zero-order valence-electron chi connectivity index (χ0n) is 22.2. The van der Waals surface area contributed by atoms with Gasteiger partial charge in [-0.25, -0.2) is 0 Å². The minimum atomic E-state index is -0.398. The molecule has 8 nitrogen and oxygen atoms in total. The molecule has 1 aromatic carbocycles. The molecule has 2 aromatic heterocycles. The van der Waals surface area contributed by atoms with Crippen molar-refractivity contribution in [1.82, 2.24) is 25.4 Å². The second-order valence-electron chi connectivity index (χ2n) is 10.7. The topological polar surface area (TPSA) is 98.1 Å². The highest BCUT2D eigenvalue weighted by Crippen LogP contribution is 2.30. The van der Waals surface area contributed by atoms with Gasteiger partial charge in [0, 0.05) is 40.1 Å². The Hall–Kier alpha value is -3.65. The zero-order valence-corrected chi connectivity index (χ0v) is 23.0. The molecule has 9 heteroatoms. The first-order chi connectivity index (χ1) is 18.1. The molecule has 0 radical (unpaired) electrons. The number of nitrogens with one attached hydrogen (secondary N) is 2. The lowest BCUT2D eigenvalue weighted by Crippen LogP contribution is -2.41. The average molecular weight is 536 g/mol. The van der Waals surface area contributed by atoms with E-state index in [0.717, 1.165) is 23.5 Å². The lowest BCUT2D eigenvalue weighted by Gasteiger charge is -2.20. The fraction of sp³-hybridized carbons (Fsp3) is 0.379. The van der Waals surface area contributed by atoms with Crippen LogP contribution >= 0.6 is 11.6 Å². The van der Waals surface area contributed by atoms with Crippen molar-refractivity contribution >= 4 is 29.5 Å². The van der Waals surface area contributed by atoms with Crippen molar-refractivity contribution in [2.45, 2.75) is 58.7 Å². The fourth-order valence-electron chi connectivity index (χ4n) is 3.67. The maximum atomic E-state index is 12.7. The molecule has 0 unspecified atom stereocenters. The number of ether oxygens (including phenoxy) is 1. The van der Waals surface area contributed by atoms with Gasteiger partial charge in [0.25, 0.3) is 11.8 Å². The van der Waals surface area contributed by atoms with Crippen molar-refractivity contribution in [3.63, 3.8) is 0 Å². The highest BCUT2D eigenvalue weighted by atomic mass is 35.5. The monoisotopic (exact) mass is 535 g/mol. The first kappa shape index (κ1) is 27.4. The van der Waals surface area contributed by atoms with Gasteiger partial charge in [-0.15, -0.1) is 0 Å². The Morgan fingerprint density at radius 2 is 2.00 bits per heavy atom. The van der Waals surface area contributed by atoms with Crippen molar-refractivity contribution in [3.8, 4) is 5.75 Å². The van der Waals surface area contributed by atoms with Crippen LogP contribution in [0.15, 0.2) is 55.0 Å². The van der Waals surface area contributed by atoms with Gasteiger partial charge in [-0.2, -0.15) is 5.10 Å². The first-order valence-electron chi connectivity index (χ1n) is 12.8. The van der Waals surface area contributed by atoms with Gasteiger partial charge in [0.15, 0.2) is 0 Å². The van der Waals surface area contributed by atoms with E-state index in [9.17, 15) is 9.59 Å². The smallest absolute Gasteiger partial charge is 0.270 e. The lowest BCUT2D eigenvalue weighted by molar-refractivity contribution is 0.0914. The average Bonchev–Trinajstić information content (AvgIpc) is 3.59. The quantitative estimate of drug-likeness (QED) is 0.375. The maximum Gasteiger partial charge on any atom is 0.270 e. The van der Waals surface area contributed by atoms with Crippen LogP contribution in [0.5, 0.6) is 5.75 Å². The molecule has 1 fully saturated rings. The normalized spacial score (nSPS) is 14.3. The van der Waals surface area contributed by atoms with E-state index in [4.69, 9.17) is 16.3 Å². The fourth-order valence-corrected chi connectivity index (χ4v) is 3.90. The molecule has 3 aromatic rings. The van der Waals surface area contributed by atoms with E-state index in [0.29, 0.717) is 23.0 Å². The number of nitrogens with zero attached hydrogens (tertiary/aromatic N) is 3. The molecule has 4 rings (SSSR count).